The van der Waals surface area contributed by atoms with Crippen molar-refractivity contribution in [2.75, 3.05) is 0 Å². The van der Waals surface area contributed by atoms with Gasteiger partial charge in [0.05, 0.1) is 5.56 Å². The Kier molecular flexibility index (Phi) is 8.04. The van der Waals surface area contributed by atoms with E-state index in [-0.39, 0.29) is 11.3 Å². The highest BCUT2D eigenvalue weighted by atomic mass is 16.4. The maximum atomic E-state index is 12.0. The van der Waals surface area contributed by atoms with E-state index in [0.717, 1.165) is 19.3 Å². The standard InChI is InChI=1S/C17H25NO4/c1-2-3-4-5-6-7-11-14(17(21)22)18-16(20)13-10-8-9-12-15(13)19/h8-10,12,14,19H,2-7,11H2,1H3,(H,18,20)(H,21,22). The number of rotatable bonds is 10. The van der Waals surface area contributed by atoms with Gasteiger partial charge in [-0.2, -0.15) is 0 Å². The number of carbonyl (C=O) groups is 2. The van der Waals surface area contributed by atoms with Gasteiger partial charge in [-0.05, 0) is 18.6 Å². The lowest BCUT2D eigenvalue weighted by molar-refractivity contribution is -0.139. The van der Waals surface area contributed by atoms with Crippen molar-refractivity contribution in [3.05, 3.63) is 29.8 Å². The van der Waals surface area contributed by atoms with Crippen molar-refractivity contribution >= 4 is 11.9 Å². The number of hydrogen-bond acceptors (Lipinski definition) is 3. The van der Waals surface area contributed by atoms with Crippen molar-refractivity contribution in [2.24, 2.45) is 0 Å². The second-order valence-corrected chi connectivity index (χ2v) is 5.44. The molecule has 5 heteroatoms. The predicted molar refractivity (Wildman–Crippen MR) is 85.0 cm³/mol. The van der Waals surface area contributed by atoms with Crippen LogP contribution in [0.4, 0.5) is 0 Å². The van der Waals surface area contributed by atoms with Gasteiger partial charge in [0.1, 0.15) is 11.8 Å². The lowest BCUT2D eigenvalue weighted by atomic mass is 10.1. The maximum absolute atomic E-state index is 12.0. The largest absolute Gasteiger partial charge is 0.507 e. The number of para-hydroxylation sites is 1. The van der Waals surface area contributed by atoms with Gasteiger partial charge in [-0.1, -0.05) is 57.6 Å². The topological polar surface area (TPSA) is 86.6 Å². The minimum atomic E-state index is -1.04. The monoisotopic (exact) mass is 307 g/mol. The first-order valence-corrected chi connectivity index (χ1v) is 7.88. The van der Waals surface area contributed by atoms with Crippen molar-refractivity contribution in [3.63, 3.8) is 0 Å². The summed E-state index contributed by atoms with van der Waals surface area (Å²) < 4.78 is 0. The third-order valence-electron chi connectivity index (χ3n) is 3.60. The molecule has 0 heterocycles. The molecule has 0 aliphatic carbocycles. The summed E-state index contributed by atoms with van der Waals surface area (Å²) in [5, 5.41) is 21.3. The number of amides is 1. The molecule has 22 heavy (non-hydrogen) atoms. The number of benzene rings is 1. The van der Waals surface area contributed by atoms with Crippen LogP contribution in [-0.2, 0) is 4.79 Å². The van der Waals surface area contributed by atoms with Crippen LogP contribution in [0.5, 0.6) is 5.75 Å². The molecule has 0 bridgehead atoms. The van der Waals surface area contributed by atoms with E-state index in [2.05, 4.69) is 12.2 Å². The summed E-state index contributed by atoms with van der Waals surface area (Å²) in [4.78, 5) is 23.3. The second-order valence-electron chi connectivity index (χ2n) is 5.44. The number of aromatic hydroxyl groups is 1. The summed E-state index contributed by atoms with van der Waals surface area (Å²) in [5.74, 6) is -1.75. The molecule has 0 aliphatic rings. The van der Waals surface area contributed by atoms with Crippen LogP contribution in [0, 0.1) is 0 Å². The molecule has 122 valence electrons. The Bertz CT molecular complexity index is 487. The fourth-order valence-corrected chi connectivity index (χ4v) is 2.29. The smallest absolute Gasteiger partial charge is 0.326 e. The van der Waals surface area contributed by atoms with Crippen molar-refractivity contribution < 1.29 is 19.8 Å². The number of carboxylic acid groups (broad SMARTS) is 1. The van der Waals surface area contributed by atoms with Crippen molar-refractivity contribution in [3.8, 4) is 5.75 Å². The van der Waals surface area contributed by atoms with Crippen LogP contribution >= 0.6 is 0 Å². The van der Waals surface area contributed by atoms with Crippen molar-refractivity contribution in [1.82, 2.24) is 5.32 Å². The molecular formula is C17H25NO4. The number of aliphatic carboxylic acids is 1. The van der Waals surface area contributed by atoms with Crippen molar-refractivity contribution in [1.29, 1.82) is 0 Å². The highest BCUT2D eigenvalue weighted by molar-refractivity contribution is 5.98. The normalized spacial score (nSPS) is 11.9. The molecule has 1 rings (SSSR count). The number of carbonyl (C=O) groups excluding carboxylic acids is 1. The number of carboxylic acids is 1. The van der Waals surface area contributed by atoms with Crippen LogP contribution in [0.1, 0.15) is 62.2 Å². The molecule has 0 fully saturated rings. The summed E-state index contributed by atoms with van der Waals surface area (Å²) >= 11 is 0. The van der Waals surface area contributed by atoms with Crippen LogP contribution in [0.2, 0.25) is 0 Å². The van der Waals surface area contributed by atoms with Crippen molar-refractivity contribution in [2.45, 2.75) is 57.9 Å². The predicted octanol–water partition coefficient (Wildman–Crippen LogP) is 3.33. The third-order valence-corrected chi connectivity index (χ3v) is 3.60. The second kappa shape index (κ2) is 9.82. The van der Waals surface area contributed by atoms with Crippen LogP contribution in [0.15, 0.2) is 24.3 Å². The maximum Gasteiger partial charge on any atom is 0.326 e. The highest BCUT2D eigenvalue weighted by Crippen LogP contribution is 2.16. The molecule has 5 nitrogen and oxygen atoms in total. The Labute approximate surface area is 131 Å². The quantitative estimate of drug-likeness (QED) is 0.579. The summed E-state index contributed by atoms with van der Waals surface area (Å²) in [6.45, 7) is 2.15. The van der Waals surface area contributed by atoms with E-state index in [1.54, 1.807) is 12.1 Å². The minimum absolute atomic E-state index is 0.0942. The molecule has 1 aromatic rings. The summed E-state index contributed by atoms with van der Waals surface area (Å²) in [5.41, 5.74) is 0.0942. The molecule has 0 saturated heterocycles. The fourth-order valence-electron chi connectivity index (χ4n) is 2.29. The molecule has 0 radical (unpaired) electrons. The van der Waals surface area contributed by atoms with Gasteiger partial charge in [0.2, 0.25) is 0 Å². The molecule has 0 aliphatic heterocycles. The third kappa shape index (κ3) is 6.16. The van der Waals surface area contributed by atoms with Gasteiger partial charge in [-0.25, -0.2) is 4.79 Å². The Morgan fingerprint density at radius 2 is 1.73 bits per heavy atom. The first-order valence-electron chi connectivity index (χ1n) is 7.88. The van der Waals surface area contributed by atoms with Crippen LogP contribution < -0.4 is 5.32 Å². The van der Waals surface area contributed by atoms with Crippen LogP contribution in [0.25, 0.3) is 0 Å². The number of nitrogens with one attached hydrogen (secondary N) is 1. The number of phenols is 1. The molecule has 0 saturated carbocycles. The number of unbranched alkanes of at least 4 members (excludes halogenated alkanes) is 5. The number of phenolic OH excluding ortho intramolecular Hbond substituents is 1. The van der Waals surface area contributed by atoms with E-state index in [1.165, 1.54) is 31.4 Å². The first-order chi connectivity index (χ1) is 10.6. The van der Waals surface area contributed by atoms with E-state index in [9.17, 15) is 19.8 Å². The van der Waals surface area contributed by atoms with E-state index in [1.807, 2.05) is 0 Å². The molecular weight excluding hydrogens is 282 g/mol. The number of hydrogen-bond donors (Lipinski definition) is 3. The molecule has 3 N–H and O–H groups in total. The summed E-state index contributed by atoms with van der Waals surface area (Å²) in [6.07, 6.45) is 6.77. The lowest BCUT2D eigenvalue weighted by Crippen LogP contribution is -2.40. The van der Waals surface area contributed by atoms with Gasteiger partial charge in [0.25, 0.3) is 5.91 Å². The molecule has 0 spiro atoms. The average Bonchev–Trinajstić information content (AvgIpc) is 2.49. The molecule has 0 aromatic heterocycles. The van der Waals surface area contributed by atoms with Crippen LogP contribution in [-0.4, -0.2) is 28.1 Å². The van der Waals surface area contributed by atoms with Gasteiger partial charge >= 0.3 is 5.97 Å². The van der Waals surface area contributed by atoms with Gasteiger partial charge < -0.3 is 15.5 Å². The Hall–Kier alpha value is -2.04. The lowest BCUT2D eigenvalue weighted by Gasteiger charge is -2.15. The Balaban J connectivity index is 2.45. The first kappa shape index (κ1) is 18.0. The van der Waals surface area contributed by atoms with Gasteiger partial charge in [0.15, 0.2) is 0 Å². The van der Waals surface area contributed by atoms with Gasteiger partial charge in [-0.3, -0.25) is 4.79 Å². The highest BCUT2D eigenvalue weighted by Gasteiger charge is 2.21. The molecule has 1 atom stereocenters. The van der Waals surface area contributed by atoms with Gasteiger partial charge in [0, 0.05) is 0 Å². The Morgan fingerprint density at radius 1 is 1.09 bits per heavy atom. The summed E-state index contributed by atoms with van der Waals surface area (Å²) in [7, 11) is 0. The van der Waals surface area contributed by atoms with E-state index in [0.29, 0.717) is 6.42 Å². The molecule has 1 amide bonds. The van der Waals surface area contributed by atoms with E-state index < -0.39 is 17.9 Å². The SMILES string of the molecule is CCCCCCCCC(NC(=O)c1ccccc1O)C(=O)O. The zero-order chi connectivity index (χ0) is 16.4. The van der Waals surface area contributed by atoms with Crippen LogP contribution in [0.3, 0.4) is 0 Å². The van der Waals surface area contributed by atoms with Gasteiger partial charge in [-0.15, -0.1) is 0 Å². The molecule has 1 aromatic carbocycles. The van der Waals surface area contributed by atoms with E-state index >= 15 is 0 Å². The zero-order valence-corrected chi connectivity index (χ0v) is 13.0. The Morgan fingerprint density at radius 3 is 2.36 bits per heavy atom. The average molecular weight is 307 g/mol. The minimum Gasteiger partial charge on any atom is -0.507 e. The van der Waals surface area contributed by atoms with E-state index in [4.69, 9.17) is 0 Å². The summed E-state index contributed by atoms with van der Waals surface area (Å²) in [6, 6.07) is 5.18. The fraction of sp³-hybridized carbons (Fsp3) is 0.529. The zero-order valence-electron chi connectivity index (χ0n) is 13.0. The molecule has 1 unspecified atom stereocenters.